The van der Waals surface area contributed by atoms with Crippen molar-refractivity contribution in [3.8, 4) is 0 Å². The molecule has 0 atom stereocenters. The van der Waals surface area contributed by atoms with Gasteiger partial charge in [0.05, 0.1) is 5.75 Å². The number of nitrogens with zero attached hydrogens (tertiary/aromatic N) is 2. The van der Waals surface area contributed by atoms with E-state index in [1.807, 2.05) is 0 Å². The molecule has 1 heterocycles. The molecule has 1 aliphatic carbocycles. The molecule has 0 unspecified atom stereocenters. The van der Waals surface area contributed by atoms with Crippen molar-refractivity contribution in [2.75, 3.05) is 12.3 Å². The lowest BCUT2D eigenvalue weighted by Gasteiger charge is -2.04. The van der Waals surface area contributed by atoms with Crippen LogP contribution in [0.2, 0.25) is 0 Å². The van der Waals surface area contributed by atoms with Crippen LogP contribution in [0.5, 0.6) is 0 Å². The fourth-order valence-electron chi connectivity index (χ4n) is 2.42. The molecule has 21 heavy (non-hydrogen) atoms. The van der Waals surface area contributed by atoms with E-state index in [1.165, 1.54) is 37.4 Å². The maximum atomic E-state index is 11.5. The number of thioether (sulfide) groups is 1. The highest BCUT2D eigenvalue weighted by molar-refractivity contribution is 7.99. The lowest BCUT2D eigenvalue weighted by atomic mass is 10.0. The third kappa shape index (κ3) is 5.37. The van der Waals surface area contributed by atoms with Crippen LogP contribution in [0, 0.1) is 5.92 Å². The Morgan fingerprint density at radius 2 is 2.14 bits per heavy atom. The zero-order valence-electron chi connectivity index (χ0n) is 12.1. The molecule has 0 saturated heterocycles. The van der Waals surface area contributed by atoms with Gasteiger partial charge < -0.3 is 5.32 Å². The predicted octanol–water partition coefficient (Wildman–Crippen LogP) is 1.48. The van der Waals surface area contributed by atoms with Gasteiger partial charge in [-0.3, -0.25) is 15.2 Å². The van der Waals surface area contributed by atoms with Gasteiger partial charge in [0.15, 0.2) is 0 Å². The molecular formula is C13H21N5O2S. The Kier molecular flexibility index (Phi) is 6.04. The summed E-state index contributed by atoms with van der Waals surface area (Å²) in [6.07, 6.45) is 6.07. The molecule has 3 amide bonds. The van der Waals surface area contributed by atoms with Crippen LogP contribution in [0.1, 0.15) is 38.4 Å². The fourth-order valence-corrected chi connectivity index (χ4v) is 3.04. The Hall–Kier alpha value is -1.57. The summed E-state index contributed by atoms with van der Waals surface area (Å²) in [6, 6.07) is -0.472. The topological polar surface area (TPSA) is 99.8 Å². The minimum Gasteiger partial charge on any atom is -0.338 e. The van der Waals surface area contributed by atoms with E-state index in [4.69, 9.17) is 0 Å². The minimum absolute atomic E-state index is 0.123. The number of urea groups is 1. The van der Waals surface area contributed by atoms with Gasteiger partial charge in [-0.1, -0.05) is 37.4 Å². The van der Waals surface area contributed by atoms with Crippen molar-refractivity contribution in [1.29, 1.82) is 0 Å². The Morgan fingerprint density at radius 1 is 1.38 bits per heavy atom. The van der Waals surface area contributed by atoms with Crippen LogP contribution in [0.25, 0.3) is 0 Å². The van der Waals surface area contributed by atoms with Crippen LogP contribution in [0.3, 0.4) is 0 Å². The van der Waals surface area contributed by atoms with E-state index in [9.17, 15) is 9.59 Å². The number of amides is 3. The quantitative estimate of drug-likeness (QED) is 0.691. The number of imide groups is 1. The van der Waals surface area contributed by atoms with Crippen molar-refractivity contribution in [2.45, 2.75) is 44.2 Å². The molecule has 1 saturated carbocycles. The van der Waals surface area contributed by atoms with Gasteiger partial charge in [-0.25, -0.2) is 9.78 Å². The van der Waals surface area contributed by atoms with Gasteiger partial charge in [0.25, 0.3) is 0 Å². The van der Waals surface area contributed by atoms with Crippen molar-refractivity contribution in [3.05, 3.63) is 5.82 Å². The SMILES string of the molecule is CCNC(=O)NC(=O)CSc1n[nH]c(CC2CCCC2)n1. The maximum absolute atomic E-state index is 11.5. The monoisotopic (exact) mass is 311 g/mol. The van der Waals surface area contributed by atoms with Crippen molar-refractivity contribution in [2.24, 2.45) is 5.92 Å². The summed E-state index contributed by atoms with van der Waals surface area (Å²) in [6.45, 7) is 2.27. The van der Waals surface area contributed by atoms with Crippen molar-refractivity contribution < 1.29 is 9.59 Å². The Labute approximate surface area is 128 Å². The van der Waals surface area contributed by atoms with Crippen LogP contribution in [-0.4, -0.2) is 39.4 Å². The van der Waals surface area contributed by atoms with Crippen molar-refractivity contribution in [3.63, 3.8) is 0 Å². The molecular weight excluding hydrogens is 290 g/mol. The van der Waals surface area contributed by atoms with Gasteiger partial charge in [-0.05, 0) is 12.8 Å². The number of rotatable bonds is 6. The molecule has 0 aromatic carbocycles. The summed E-state index contributed by atoms with van der Waals surface area (Å²) < 4.78 is 0. The second-order valence-electron chi connectivity index (χ2n) is 5.12. The summed E-state index contributed by atoms with van der Waals surface area (Å²) in [7, 11) is 0. The average Bonchev–Trinajstić information content (AvgIpc) is 3.09. The van der Waals surface area contributed by atoms with E-state index < -0.39 is 6.03 Å². The zero-order chi connectivity index (χ0) is 15.1. The summed E-state index contributed by atoms with van der Waals surface area (Å²) >= 11 is 1.22. The van der Waals surface area contributed by atoms with Gasteiger partial charge in [-0.15, -0.1) is 5.10 Å². The van der Waals surface area contributed by atoms with E-state index in [-0.39, 0.29) is 11.7 Å². The summed E-state index contributed by atoms with van der Waals surface area (Å²) in [5, 5.41) is 12.3. The summed E-state index contributed by atoms with van der Waals surface area (Å²) in [5.74, 6) is 1.36. The first-order chi connectivity index (χ1) is 10.2. The normalized spacial score (nSPS) is 15.1. The smallest absolute Gasteiger partial charge is 0.321 e. The molecule has 1 aromatic heterocycles. The Morgan fingerprint density at radius 3 is 2.86 bits per heavy atom. The second-order valence-corrected chi connectivity index (χ2v) is 6.06. The standard InChI is InChI=1S/C13H21N5O2S/c1-2-14-12(20)16-11(19)8-21-13-15-10(17-18-13)7-9-5-3-4-6-9/h9H,2-8H2,1H3,(H,15,17,18)(H2,14,16,19,20). The number of carbonyl (C=O) groups excluding carboxylic acids is 2. The highest BCUT2D eigenvalue weighted by Gasteiger charge is 2.17. The molecule has 0 spiro atoms. The average molecular weight is 311 g/mol. The molecule has 7 nitrogen and oxygen atoms in total. The molecule has 0 bridgehead atoms. The van der Waals surface area contributed by atoms with Gasteiger partial charge in [0, 0.05) is 13.0 Å². The first-order valence-corrected chi connectivity index (χ1v) is 8.27. The van der Waals surface area contributed by atoms with Gasteiger partial charge in [0.2, 0.25) is 11.1 Å². The molecule has 0 aliphatic heterocycles. The van der Waals surface area contributed by atoms with Crippen LogP contribution in [0.15, 0.2) is 5.16 Å². The lowest BCUT2D eigenvalue weighted by Crippen LogP contribution is -2.40. The van der Waals surface area contributed by atoms with Crippen molar-refractivity contribution >= 4 is 23.7 Å². The van der Waals surface area contributed by atoms with E-state index in [2.05, 4.69) is 25.8 Å². The van der Waals surface area contributed by atoms with Gasteiger partial charge in [-0.2, -0.15) is 0 Å². The lowest BCUT2D eigenvalue weighted by molar-refractivity contribution is -0.117. The molecule has 1 fully saturated rings. The minimum atomic E-state index is -0.472. The largest absolute Gasteiger partial charge is 0.338 e. The number of aromatic amines is 1. The molecule has 2 rings (SSSR count). The van der Waals surface area contributed by atoms with E-state index in [0.717, 1.165) is 12.2 Å². The molecule has 3 N–H and O–H groups in total. The zero-order valence-corrected chi connectivity index (χ0v) is 13.0. The number of aromatic nitrogens is 3. The second kappa shape index (κ2) is 8.02. The predicted molar refractivity (Wildman–Crippen MR) is 80.0 cm³/mol. The molecule has 1 aromatic rings. The molecule has 116 valence electrons. The maximum Gasteiger partial charge on any atom is 0.321 e. The number of nitrogens with one attached hydrogen (secondary N) is 3. The molecule has 0 radical (unpaired) electrons. The van der Waals surface area contributed by atoms with E-state index >= 15 is 0 Å². The van der Waals surface area contributed by atoms with Crippen LogP contribution < -0.4 is 10.6 Å². The van der Waals surface area contributed by atoms with Gasteiger partial charge >= 0.3 is 6.03 Å². The number of hydrogen-bond acceptors (Lipinski definition) is 5. The highest BCUT2D eigenvalue weighted by atomic mass is 32.2. The van der Waals surface area contributed by atoms with Crippen molar-refractivity contribution in [1.82, 2.24) is 25.8 Å². The van der Waals surface area contributed by atoms with Crippen LogP contribution in [-0.2, 0) is 11.2 Å². The fraction of sp³-hybridized carbons (Fsp3) is 0.692. The molecule has 1 aliphatic rings. The highest BCUT2D eigenvalue weighted by Crippen LogP contribution is 2.27. The third-order valence-electron chi connectivity index (χ3n) is 3.39. The first-order valence-electron chi connectivity index (χ1n) is 7.29. The van der Waals surface area contributed by atoms with E-state index in [0.29, 0.717) is 17.6 Å². The van der Waals surface area contributed by atoms with Gasteiger partial charge in [0.1, 0.15) is 5.82 Å². The third-order valence-corrected chi connectivity index (χ3v) is 4.24. The first kappa shape index (κ1) is 15.8. The van der Waals surface area contributed by atoms with Crippen LogP contribution in [0.4, 0.5) is 4.79 Å². The van der Waals surface area contributed by atoms with E-state index in [1.54, 1.807) is 6.92 Å². The Balaban J connectivity index is 1.72. The summed E-state index contributed by atoms with van der Waals surface area (Å²) in [4.78, 5) is 27.1. The molecule has 8 heteroatoms. The number of H-pyrrole nitrogens is 1. The Bertz CT molecular complexity index is 485. The van der Waals surface area contributed by atoms with Crippen LogP contribution >= 0.6 is 11.8 Å². The summed E-state index contributed by atoms with van der Waals surface area (Å²) in [5.41, 5.74) is 0. The number of carbonyl (C=O) groups is 2. The number of hydrogen-bond donors (Lipinski definition) is 3.